The molecule has 4 rings (SSSR count). The smallest absolute Gasteiger partial charge is 0.253 e. The summed E-state index contributed by atoms with van der Waals surface area (Å²) in [6.45, 7) is 4.21. The molecule has 176 valence electrons. The number of nitrogens with one attached hydrogen (secondary N) is 2. The van der Waals surface area contributed by atoms with E-state index in [4.69, 9.17) is 4.74 Å². The van der Waals surface area contributed by atoms with E-state index in [0.29, 0.717) is 24.3 Å². The summed E-state index contributed by atoms with van der Waals surface area (Å²) in [7, 11) is 1.56. The van der Waals surface area contributed by atoms with Crippen LogP contribution in [0.5, 0.6) is 5.75 Å². The van der Waals surface area contributed by atoms with Crippen LogP contribution in [0.3, 0.4) is 0 Å². The van der Waals surface area contributed by atoms with E-state index < -0.39 is 23.4 Å². The average Bonchev–Trinajstić information content (AvgIpc) is 2.87. The zero-order valence-corrected chi connectivity index (χ0v) is 19.5. The molecule has 1 aliphatic carbocycles. The van der Waals surface area contributed by atoms with Crippen molar-refractivity contribution in [2.45, 2.75) is 64.1 Å². The van der Waals surface area contributed by atoms with Gasteiger partial charge in [0, 0.05) is 24.6 Å². The molecule has 8 nitrogen and oxygen atoms in total. The maximum Gasteiger partial charge on any atom is 0.253 e. The number of pyridine rings is 1. The Morgan fingerprint density at radius 2 is 1.85 bits per heavy atom. The normalized spacial score (nSPS) is 19.2. The summed E-state index contributed by atoms with van der Waals surface area (Å²) in [5.74, 6) is -0.599. The largest absolute Gasteiger partial charge is 0.497 e. The highest BCUT2D eigenvalue weighted by Gasteiger charge is 2.53. The van der Waals surface area contributed by atoms with Crippen LogP contribution in [-0.2, 0) is 20.9 Å². The van der Waals surface area contributed by atoms with Crippen molar-refractivity contribution in [3.8, 4) is 5.75 Å². The Morgan fingerprint density at radius 3 is 2.45 bits per heavy atom. The van der Waals surface area contributed by atoms with Gasteiger partial charge in [-0.3, -0.25) is 24.3 Å². The lowest BCUT2D eigenvalue weighted by Gasteiger charge is -2.47. The van der Waals surface area contributed by atoms with Gasteiger partial charge in [0.15, 0.2) is 6.04 Å². The standard InChI is InChI=1S/C23H26N4O4.C2H6/c1-31-18-9-7-17(8-10-18)27-19(20(28)25-15-16-6-5-13-24-14-16)21(29)26-23(22(27)30)11-3-2-4-12-23;1-2/h5-10,13-14,19H,2-4,11-12,15H2,1H3,(H,25,28)(H,26,29);1-2H3. The van der Waals surface area contributed by atoms with Crippen LogP contribution in [0.25, 0.3) is 0 Å². The van der Waals surface area contributed by atoms with E-state index in [1.165, 1.54) is 4.90 Å². The van der Waals surface area contributed by atoms with Gasteiger partial charge >= 0.3 is 0 Å². The number of carbonyl (C=O) groups excluding carboxylic acids is 3. The number of aromatic nitrogens is 1. The second-order valence-electron chi connectivity index (χ2n) is 7.99. The Hall–Kier alpha value is -3.42. The molecular weight excluding hydrogens is 420 g/mol. The topological polar surface area (TPSA) is 101 Å². The number of methoxy groups -OCH3 is 1. The van der Waals surface area contributed by atoms with Crippen LogP contribution in [-0.4, -0.2) is 41.4 Å². The molecule has 1 unspecified atom stereocenters. The number of hydrogen-bond acceptors (Lipinski definition) is 5. The van der Waals surface area contributed by atoms with Crippen molar-refractivity contribution >= 4 is 23.4 Å². The molecule has 2 heterocycles. The third-order valence-corrected chi connectivity index (χ3v) is 5.99. The van der Waals surface area contributed by atoms with Gasteiger partial charge in [0.2, 0.25) is 0 Å². The van der Waals surface area contributed by atoms with Crippen LogP contribution in [0.4, 0.5) is 5.69 Å². The first kappa shape index (κ1) is 24.2. The van der Waals surface area contributed by atoms with E-state index in [1.54, 1.807) is 49.8 Å². The molecule has 2 fully saturated rings. The number of nitrogens with zero attached hydrogens (tertiary/aromatic N) is 2. The van der Waals surface area contributed by atoms with Crippen LogP contribution >= 0.6 is 0 Å². The molecule has 1 saturated heterocycles. The summed E-state index contributed by atoms with van der Waals surface area (Å²) < 4.78 is 5.21. The maximum atomic E-state index is 13.7. The molecule has 0 bridgehead atoms. The van der Waals surface area contributed by atoms with Crippen molar-refractivity contribution in [2.75, 3.05) is 12.0 Å². The van der Waals surface area contributed by atoms with Gasteiger partial charge in [0.25, 0.3) is 17.7 Å². The molecule has 1 aliphatic heterocycles. The summed E-state index contributed by atoms with van der Waals surface area (Å²) in [5, 5.41) is 5.68. The van der Waals surface area contributed by atoms with Gasteiger partial charge in [-0.1, -0.05) is 39.2 Å². The molecule has 2 aromatic rings. The molecule has 2 aliphatic rings. The lowest BCUT2D eigenvalue weighted by molar-refractivity contribution is -0.144. The van der Waals surface area contributed by atoms with Crippen molar-refractivity contribution in [3.63, 3.8) is 0 Å². The minimum atomic E-state index is -1.29. The zero-order valence-electron chi connectivity index (χ0n) is 19.5. The first-order chi connectivity index (χ1) is 16.0. The summed E-state index contributed by atoms with van der Waals surface area (Å²) in [5.41, 5.74) is 0.348. The number of hydrogen-bond donors (Lipinski definition) is 2. The van der Waals surface area contributed by atoms with Gasteiger partial charge in [0.05, 0.1) is 7.11 Å². The summed E-state index contributed by atoms with van der Waals surface area (Å²) >= 11 is 0. The Labute approximate surface area is 194 Å². The summed E-state index contributed by atoms with van der Waals surface area (Å²) in [6.07, 6.45) is 7.20. The Balaban J connectivity index is 0.00000149. The number of piperazine rings is 1. The molecule has 2 N–H and O–H groups in total. The minimum Gasteiger partial charge on any atom is -0.497 e. The molecular formula is C25H32N4O4. The predicted molar refractivity (Wildman–Crippen MR) is 126 cm³/mol. The fraction of sp³-hybridized carbons (Fsp3) is 0.440. The van der Waals surface area contributed by atoms with Crippen LogP contribution in [0, 0.1) is 0 Å². The molecule has 8 heteroatoms. The third kappa shape index (κ3) is 5.16. The van der Waals surface area contributed by atoms with E-state index in [0.717, 1.165) is 24.8 Å². The first-order valence-corrected chi connectivity index (χ1v) is 11.5. The number of rotatable bonds is 5. The van der Waals surface area contributed by atoms with Crippen LogP contribution in [0.2, 0.25) is 0 Å². The van der Waals surface area contributed by atoms with E-state index in [1.807, 2.05) is 19.9 Å². The molecule has 1 aromatic heterocycles. The second-order valence-corrected chi connectivity index (χ2v) is 7.99. The quantitative estimate of drug-likeness (QED) is 0.680. The van der Waals surface area contributed by atoms with Gasteiger partial charge in [-0.15, -0.1) is 0 Å². The highest BCUT2D eigenvalue weighted by Crippen LogP contribution is 2.36. The van der Waals surface area contributed by atoms with Gasteiger partial charge in [-0.05, 0) is 48.7 Å². The van der Waals surface area contributed by atoms with Gasteiger partial charge in [-0.25, -0.2) is 0 Å². The highest BCUT2D eigenvalue weighted by molar-refractivity contribution is 6.20. The van der Waals surface area contributed by atoms with Crippen molar-refractivity contribution in [1.29, 1.82) is 0 Å². The molecule has 1 atom stereocenters. The second kappa shape index (κ2) is 10.9. The summed E-state index contributed by atoms with van der Waals surface area (Å²) in [4.78, 5) is 45.3. The maximum absolute atomic E-state index is 13.7. The van der Waals surface area contributed by atoms with E-state index in [-0.39, 0.29) is 12.5 Å². The Bertz CT molecular complexity index is 956. The van der Waals surface area contributed by atoms with Gasteiger partial charge < -0.3 is 15.4 Å². The third-order valence-electron chi connectivity index (χ3n) is 5.99. The lowest BCUT2D eigenvalue weighted by Crippen LogP contribution is -2.73. The highest BCUT2D eigenvalue weighted by atomic mass is 16.5. The minimum absolute atomic E-state index is 0.215. The van der Waals surface area contributed by atoms with Gasteiger partial charge in [0.1, 0.15) is 11.3 Å². The SMILES string of the molecule is CC.COc1ccc(N2C(=O)C3(CCCCC3)NC(=O)C2C(=O)NCc2cccnc2)cc1. The fourth-order valence-electron chi connectivity index (χ4n) is 4.35. The van der Waals surface area contributed by atoms with E-state index in [9.17, 15) is 14.4 Å². The fourth-order valence-corrected chi connectivity index (χ4v) is 4.35. The number of anilines is 1. The van der Waals surface area contributed by atoms with Crippen molar-refractivity contribution in [1.82, 2.24) is 15.6 Å². The molecule has 1 saturated carbocycles. The molecule has 0 radical (unpaired) electrons. The molecule has 33 heavy (non-hydrogen) atoms. The van der Waals surface area contributed by atoms with E-state index >= 15 is 0 Å². The number of carbonyl (C=O) groups is 3. The molecule has 3 amide bonds. The van der Waals surface area contributed by atoms with E-state index in [2.05, 4.69) is 15.6 Å². The number of amides is 3. The molecule has 1 aromatic carbocycles. The number of ether oxygens (including phenoxy) is 1. The van der Waals surface area contributed by atoms with Crippen LogP contribution in [0.15, 0.2) is 48.8 Å². The Kier molecular flexibility index (Phi) is 8.03. The Morgan fingerprint density at radius 1 is 1.15 bits per heavy atom. The van der Waals surface area contributed by atoms with Crippen molar-refractivity contribution in [2.24, 2.45) is 0 Å². The van der Waals surface area contributed by atoms with Crippen molar-refractivity contribution in [3.05, 3.63) is 54.4 Å². The predicted octanol–water partition coefficient (Wildman–Crippen LogP) is 2.97. The van der Waals surface area contributed by atoms with Crippen LogP contribution in [0.1, 0.15) is 51.5 Å². The zero-order chi connectivity index (χ0) is 23.8. The lowest BCUT2D eigenvalue weighted by atomic mass is 9.78. The summed E-state index contributed by atoms with van der Waals surface area (Å²) in [6, 6.07) is 9.15. The van der Waals surface area contributed by atoms with Crippen molar-refractivity contribution < 1.29 is 19.1 Å². The monoisotopic (exact) mass is 452 g/mol. The molecule has 1 spiro atoms. The van der Waals surface area contributed by atoms with Gasteiger partial charge in [-0.2, -0.15) is 0 Å². The average molecular weight is 453 g/mol. The van der Waals surface area contributed by atoms with Crippen LogP contribution < -0.4 is 20.3 Å². The number of benzene rings is 1. The first-order valence-electron chi connectivity index (χ1n) is 11.5.